The predicted molar refractivity (Wildman–Crippen MR) is 69.8 cm³/mol. The smallest absolute Gasteiger partial charge is 0.251 e. The number of anilines is 1. The number of nitrogens with two attached hydrogens (primary N) is 2. The minimum atomic E-state index is -1.05. The van der Waals surface area contributed by atoms with Crippen LogP contribution in [-0.4, -0.2) is 16.5 Å². The average molecular weight is 276 g/mol. The molecule has 102 valence electrons. The SMILES string of the molecule is Nc1ncccc1C(=[NH2+])C(=O)Cc1cccc(F)c1F. The second-order valence-corrected chi connectivity index (χ2v) is 4.16. The summed E-state index contributed by atoms with van der Waals surface area (Å²) in [7, 11) is 0. The number of halogens is 2. The number of carbonyl (C=O) groups excluding carboxylic acids is 1. The van der Waals surface area contributed by atoms with Gasteiger partial charge in [0, 0.05) is 12.6 Å². The summed E-state index contributed by atoms with van der Waals surface area (Å²) in [6.07, 6.45) is 1.12. The van der Waals surface area contributed by atoms with Gasteiger partial charge in [0.25, 0.3) is 5.71 Å². The van der Waals surface area contributed by atoms with E-state index in [0.29, 0.717) is 0 Å². The van der Waals surface area contributed by atoms with Gasteiger partial charge in [-0.2, -0.15) is 0 Å². The van der Waals surface area contributed by atoms with Crippen molar-refractivity contribution in [2.45, 2.75) is 6.42 Å². The van der Waals surface area contributed by atoms with E-state index < -0.39 is 17.4 Å². The summed E-state index contributed by atoms with van der Waals surface area (Å²) in [6.45, 7) is 0. The summed E-state index contributed by atoms with van der Waals surface area (Å²) in [5.74, 6) is -2.49. The molecule has 0 saturated heterocycles. The quantitative estimate of drug-likeness (QED) is 0.788. The van der Waals surface area contributed by atoms with Gasteiger partial charge >= 0.3 is 0 Å². The number of nitrogens with zero attached hydrogens (tertiary/aromatic N) is 1. The van der Waals surface area contributed by atoms with Crippen molar-refractivity contribution >= 4 is 17.3 Å². The van der Waals surface area contributed by atoms with Crippen LogP contribution in [0, 0.1) is 11.6 Å². The fraction of sp³-hybridized carbons (Fsp3) is 0.0714. The molecule has 0 fully saturated rings. The molecular weight excluding hydrogens is 264 g/mol. The van der Waals surface area contributed by atoms with E-state index in [1.807, 2.05) is 0 Å². The lowest BCUT2D eigenvalue weighted by molar-refractivity contribution is -0.133. The molecule has 0 saturated carbocycles. The third-order valence-electron chi connectivity index (χ3n) is 2.81. The first kappa shape index (κ1) is 13.8. The number of hydrogen-bond donors (Lipinski definition) is 2. The molecule has 1 aromatic carbocycles. The zero-order valence-corrected chi connectivity index (χ0v) is 10.4. The topological polar surface area (TPSA) is 81.6 Å². The summed E-state index contributed by atoms with van der Waals surface area (Å²) in [6, 6.07) is 6.76. The van der Waals surface area contributed by atoms with Gasteiger partial charge in [0.05, 0.1) is 5.56 Å². The lowest BCUT2D eigenvalue weighted by Gasteiger charge is -2.03. The van der Waals surface area contributed by atoms with Crippen LogP contribution in [0.25, 0.3) is 0 Å². The zero-order chi connectivity index (χ0) is 14.7. The highest BCUT2D eigenvalue weighted by molar-refractivity contribution is 6.44. The molecule has 0 bridgehead atoms. The number of nitrogen functional groups attached to an aromatic ring is 1. The van der Waals surface area contributed by atoms with E-state index in [1.54, 1.807) is 6.07 Å². The average Bonchev–Trinajstić information content (AvgIpc) is 2.43. The maximum absolute atomic E-state index is 13.5. The highest BCUT2D eigenvalue weighted by Gasteiger charge is 2.22. The highest BCUT2D eigenvalue weighted by Crippen LogP contribution is 2.14. The molecule has 4 N–H and O–H groups in total. The summed E-state index contributed by atoms with van der Waals surface area (Å²) in [5.41, 5.74) is 5.71. The van der Waals surface area contributed by atoms with Gasteiger partial charge in [-0.3, -0.25) is 10.2 Å². The van der Waals surface area contributed by atoms with Crippen molar-refractivity contribution in [3.05, 3.63) is 59.3 Å². The Morgan fingerprint density at radius 2 is 2.00 bits per heavy atom. The maximum atomic E-state index is 13.5. The number of carbonyl (C=O) groups is 1. The van der Waals surface area contributed by atoms with Crippen LogP contribution in [0.3, 0.4) is 0 Å². The van der Waals surface area contributed by atoms with Crippen LogP contribution >= 0.6 is 0 Å². The Morgan fingerprint density at radius 3 is 2.70 bits per heavy atom. The molecule has 1 heterocycles. The Labute approximate surface area is 113 Å². The van der Waals surface area contributed by atoms with Crippen molar-refractivity contribution < 1.29 is 19.0 Å². The third-order valence-corrected chi connectivity index (χ3v) is 2.81. The molecule has 0 aliphatic carbocycles. The van der Waals surface area contributed by atoms with Crippen LogP contribution in [0.15, 0.2) is 36.5 Å². The summed E-state index contributed by atoms with van der Waals surface area (Å²) < 4.78 is 26.6. The number of Topliss-reactive ketones (excluding diaryl/α,β-unsaturated/α-hetero) is 1. The summed E-state index contributed by atoms with van der Waals surface area (Å²) in [4.78, 5) is 15.8. The minimum absolute atomic E-state index is 0.0552. The molecule has 2 rings (SSSR count). The van der Waals surface area contributed by atoms with E-state index in [-0.39, 0.29) is 29.1 Å². The standard InChI is InChI=1S/C14H11F2N3O/c15-10-5-1-3-8(12(10)16)7-11(20)13(17)9-4-2-6-19-14(9)18/h1-6,17H,7H2,(H2,18,19)/p+1. The van der Waals surface area contributed by atoms with Crippen molar-refractivity contribution in [3.63, 3.8) is 0 Å². The Morgan fingerprint density at radius 1 is 1.25 bits per heavy atom. The molecule has 0 aliphatic heterocycles. The van der Waals surface area contributed by atoms with Crippen LogP contribution in [0.5, 0.6) is 0 Å². The number of aromatic nitrogens is 1. The molecule has 4 nitrogen and oxygen atoms in total. The predicted octanol–water partition coefficient (Wildman–Crippen LogP) is 0.302. The Kier molecular flexibility index (Phi) is 3.84. The van der Waals surface area contributed by atoms with Crippen LogP contribution in [0.4, 0.5) is 14.6 Å². The zero-order valence-electron chi connectivity index (χ0n) is 10.4. The van der Waals surface area contributed by atoms with E-state index in [2.05, 4.69) is 4.98 Å². The van der Waals surface area contributed by atoms with E-state index in [1.165, 1.54) is 24.4 Å². The first-order valence-electron chi connectivity index (χ1n) is 5.80. The van der Waals surface area contributed by atoms with E-state index in [9.17, 15) is 13.6 Å². The van der Waals surface area contributed by atoms with Crippen LogP contribution < -0.4 is 11.1 Å². The second kappa shape index (κ2) is 5.56. The molecule has 0 unspecified atom stereocenters. The Bertz CT molecular complexity index is 686. The van der Waals surface area contributed by atoms with Gasteiger partial charge in [-0.15, -0.1) is 0 Å². The lowest BCUT2D eigenvalue weighted by Crippen LogP contribution is -2.46. The third kappa shape index (κ3) is 2.69. The number of ketones is 1. The van der Waals surface area contributed by atoms with Crippen LogP contribution in [0.1, 0.15) is 11.1 Å². The molecule has 0 aliphatic rings. The van der Waals surface area contributed by atoms with Crippen LogP contribution in [0.2, 0.25) is 0 Å². The fourth-order valence-electron chi connectivity index (χ4n) is 1.75. The van der Waals surface area contributed by atoms with Crippen molar-refractivity contribution in [2.24, 2.45) is 0 Å². The monoisotopic (exact) mass is 276 g/mol. The minimum Gasteiger partial charge on any atom is -0.383 e. The fourth-order valence-corrected chi connectivity index (χ4v) is 1.75. The first-order valence-corrected chi connectivity index (χ1v) is 5.80. The largest absolute Gasteiger partial charge is 0.383 e. The number of benzene rings is 1. The molecule has 0 radical (unpaired) electrons. The molecule has 0 amide bonds. The van der Waals surface area contributed by atoms with E-state index in [0.717, 1.165) is 6.07 Å². The van der Waals surface area contributed by atoms with Gasteiger partial charge in [-0.05, 0) is 23.8 Å². The van der Waals surface area contributed by atoms with Gasteiger partial charge in [0.15, 0.2) is 11.6 Å². The van der Waals surface area contributed by atoms with Crippen LogP contribution in [-0.2, 0) is 11.2 Å². The highest BCUT2D eigenvalue weighted by atomic mass is 19.2. The van der Waals surface area contributed by atoms with Gasteiger partial charge in [0.1, 0.15) is 5.82 Å². The summed E-state index contributed by atoms with van der Waals surface area (Å²) in [5, 5.41) is 5.71. The molecule has 2 aromatic rings. The molecule has 0 spiro atoms. The van der Waals surface area contributed by atoms with Gasteiger partial charge in [0.2, 0.25) is 5.78 Å². The molecule has 1 aromatic heterocycles. The second-order valence-electron chi connectivity index (χ2n) is 4.16. The summed E-state index contributed by atoms with van der Waals surface area (Å²) >= 11 is 0. The van der Waals surface area contributed by atoms with Gasteiger partial charge in [-0.1, -0.05) is 12.1 Å². The first-order chi connectivity index (χ1) is 9.50. The van der Waals surface area contributed by atoms with E-state index in [4.69, 9.17) is 11.1 Å². The molecule has 20 heavy (non-hydrogen) atoms. The van der Waals surface area contributed by atoms with Crippen molar-refractivity contribution in [1.82, 2.24) is 4.98 Å². The molecular formula is C14H12F2N3O+. The normalized spacial score (nSPS) is 10.3. The molecule has 6 heteroatoms. The van der Waals surface area contributed by atoms with E-state index >= 15 is 0 Å². The number of rotatable bonds is 4. The lowest BCUT2D eigenvalue weighted by atomic mass is 10.0. The Balaban J connectivity index is 2.23. The number of pyridine rings is 1. The Hall–Kier alpha value is -2.63. The van der Waals surface area contributed by atoms with Crippen molar-refractivity contribution in [2.75, 3.05) is 5.73 Å². The number of hydrogen-bond acceptors (Lipinski definition) is 3. The van der Waals surface area contributed by atoms with Crippen molar-refractivity contribution in [1.29, 1.82) is 0 Å². The van der Waals surface area contributed by atoms with Gasteiger partial charge < -0.3 is 5.73 Å². The van der Waals surface area contributed by atoms with Crippen molar-refractivity contribution in [3.8, 4) is 0 Å². The maximum Gasteiger partial charge on any atom is 0.251 e. The molecule has 0 atom stereocenters. The van der Waals surface area contributed by atoms with Gasteiger partial charge in [-0.25, -0.2) is 13.8 Å².